The molecule has 6 rings (SSSR count). The molecule has 0 saturated heterocycles. The van der Waals surface area contributed by atoms with E-state index < -0.39 is 37.0 Å². The van der Waals surface area contributed by atoms with Gasteiger partial charge in [0.15, 0.2) is 0 Å². The second-order valence-corrected chi connectivity index (χ2v) is 25.9. The Hall–Kier alpha value is -0.703. The van der Waals surface area contributed by atoms with Crippen LogP contribution in [0.1, 0.15) is 25.7 Å². The molecule has 0 radical (unpaired) electrons. The molecule has 220 valence electrons. The molecule has 6 unspecified atom stereocenters. The zero-order valence-corrected chi connectivity index (χ0v) is 31.9. The third kappa shape index (κ3) is 8.69. The van der Waals surface area contributed by atoms with E-state index in [2.05, 4.69) is 135 Å². The Balaban J connectivity index is 0.000000251. The Morgan fingerprint density at radius 2 is 0.854 bits per heavy atom. The van der Waals surface area contributed by atoms with Crippen molar-refractivity contribution in [2.24, 2.45) is 23.7 Å². The van der Waals surface area contributed by atoms with E-state index in [1.54, 1.807) is 10.4 Å². The molecule has 0 aromatic heterocycles. The van der Waals surface area contributed by atoms with Crippen LogP contribution in [0.4, 0.5) is 0 Å². The molecule has 0 nitrogen and oxygen atoms in total. The summed E-state index contributed by atoms with van der Waals surface area (Å²) in [5.74, 6) is 3.24. The van der Waals surface area contributed by atoms with Gasteiger partial charge >= 0.3 is 37.9 Å². The molecule has 4 aliphatic carbocycles. The number of halogens is 2. The summed E-state index contributed by atoms with van der Waals surface area (Å²) in [6.07, 6.45) is 24.4. The third-order valence-electron chi connectivity index (χ3n) is 10.0. The summed E-state index contributed by atoms with van der Waals surface area (Å²) >= 11 is -0.826. The fraction of sp³-hybridized carbons (Fsp3) is 0.389. The molecule has 41 heavy (non-hydrogen) atoms. The second-order valence-electron chi connectivity index (χ2n) is 12.6. The van der Waals surface area contributed by atoms with Crippen molar-refractivity contribution in [1.82, 2.24) is 0 Å². The predicted octanol–water partition coefficient (Wildman–Crippen LogP) is 10.5. The van der Waals surface area contributed by atoms with Crippen LogP contribution in [0.5, 0.6) is 0 Å². The van der Waals surface area contributed by atoms with E-state index in [0.717, 1.165) is 34.8 Å². The van der Waals surface area contributed by atoms with Crippen molar-refractivity contribution in [3.05, 3.63) is 124 Å². The van der Waals surface area contributed by atoms with Gasteiger partial charge in [-0.05, 0) is 47.6 Å². The average molecular weight is 701 g/mol. The summed E-state index contributed by atoms with van der Waals surface area (Å²) < 4.78 is 0. The topological polar surface area (TPSA) is 0 Å². The van der Waals surface area contributed by atoms with E-state index in [1.165, 1.54) is 25.7 Å². The van der Waals surface area contributed by atoms with Gasteiger partial charge in [0, 0.05) is 0 Å². The molecule has 0 heterocycles. The minimum atomic E-state index is -1.34. The van der Waals surface area contributed by atoms with E-state index in [1.807, 2.05) is 0 Å². The Morgan fingerprint density at radius 3 is 1.20 bits per heavy atom. The van der Waals surface area contributed by atoms with Gasteiger partial charge in [0.2, 0.25) is 0 Å². The first kappa shape index (κ1) is 36.5. The standard InChI is InChI=1S/2C17H22Si.2CH3.2ClH.Zr/c2*1-18(2,15-9-4-3-5-10-15)17-13-12-14-8-6-7-11-16(14)17;;;;;/h2*3-11,14,16-17H,12-13H2,1-2H3;2*1H3;2*1H;/q;;2*-1;;;+4/p-2. The van der Waals surface area contributed by atoms with E-state index in [-0.39, 0.29) is 14.9 Å². The third-order valence-corrected chi connectivity index (χ3v) is 18.7. The van der Waals surface area contributed by atoms with Crippen LogP contribution in [-0.2, 0) is 20.8 Å². The molecule has 2 saturated carbocycles. The molecule has 2 fully saturated rings. The number of allylic oxidation sites excluding steroid dienone is 8. The molecular weight excluding hydrogens is 651 g/mol. The number of hydrogen-bond donors (Lipinski definition) is 0. The van der Waals surface area contributed by atoms with Crippen molar-refractivity contribution in [2.75, 3.05) is 0 Å². The summed E-state index contributed by atoms with van der Waals surface area (Å²) in [6, 6.07) is 22.5. The first-order chi connectivity index (χ1) is 18.8. The Morgan fingerprint density at radius 1 is 0.537 bits per heavy atom. The first-order valence-electron chi connectivity index (χ1n) is 14.6. The van der Waals surface area contributed by atoms with Gasteiger partial charge in [0.25, 0.3) is 0 Å². The maximum absolute atomic E-state index is 4.93. The van der Waals surface area contributed by atoms with Crippen molar-refractivity contribution >= 4 is 43.5 Å². The molecule has 0 aliphatic heterocycles. The predicted molar refractivity (Wildman–Crippen MR) is 188 cm³/mol. The number of hydrogen-bond acceptors (Lipinski definition) is 0. The van der Waals surface area contributed by atoms with Crippen molar-refractivity contribution in [2.45, 2.75) is 63.0 Å². The SMILES string of the molecule is C[Si](C)(c1ccccc1)C1CCC2C=CC=CC21.C[Si](C)(c1ccccc1)C1CCC2C=CC=CC21.[CH3-].[CH3-].[Cl][Zr+2][Cl]. The van der Waals surface area contributed by atoms with Gasteiger partial charge in [-0.25, -0.2) is 0 Å². The van der Waals surface area contributed by atoms with Crippen molar-refractivity contribution in [3.8, 4) is 0 Å². The van der Waals surface area contributed by atoms with Crippen LogP contribution < -0.4 is 10.4 Å². The fourth-order valence-electron chi connectivity index (χ4n) is 7.76. The van der Waals surface area contributed by atoms with Crippen LogP contribution in [-0.4, -0.2) is 16.1 Å². The second kappa shape index (κ2) is 17.0. The van der Waals surface area contributed by atoms with Crippen LogP contribution in [0, 0.1) is 38.5 Å². The molecular formula is C36H50Cl2Si2Zr. The van der Waals surface area contributed by atoms with E-state index in [9.17, 15) is 0 Å². The molecule has 0 bridgehead atoms. The summed E-state index contributed by atoms with van der Waals surface area (Å²) in [5, 5.41) is 3.25. The van der Waals surface area contributed by atoms with E-state index in [4.69, 9.17) is 17.0 Å². The zero-order valence-electron chi connectivity index (χ0n) is 25.9. The fourth-order valence-corrected chi connectivity index (χ4v) is 15.1. The number of rotatable bonds is 4. The average Bonchev–Trinajstić information content (AvgIpc) is 3.60. The summed E-state index contributed by atoms with van der Waals surface area (Å²) in [6.45, 7) is 10.2. The normalized spacial score (nSPS) is 27.0. The Kier molecular flexibility index (Phi) is 15.1. The quantitative estimate of drug-likeness (QED) is 0.220. The van der Waals surface area contributed by atoms with Gasteiger partial charge in [-0.2, -0.15) is 0 Å². The maximum atomic E-state index is 4.93. The van der Waals surface area contributed by atoms with Crippen LogP contribution >= 0.6 is 17.0 Å². The monoisotopic (exact) mass is 698 g/mol. The molecule has 0 amide bonds. The Labute approximate surface area is 273 Å². The number of fused-ring (bicyclic) bond motifs is 2. The van der Waals surface area contributed by atoms with Gasteiger partial charge in [-0.1, -0.05) is 159 Å². The molecule has 0 spiro atoms. The van der Waals surface area contributed by atoms with Gasteiger partial charge in [0.05, 0.1) is 16.1 Å². The van der Waals surface area contributed by atoms with Crippen LogP contribution in [0.25, 0.3) is 0 Å². The van der Waals surface area contributed by atoms with Crippen LogP contribution in [0.15, 0.2) is 109 Å². The molecule has 0 N–H and O–H groups in total. The Bertz CT molecular complexity index is 1070. The summed E-state index contributed by atoms with van der Waals surface area (Å²) in [7, 11) is 7.19. The van der Waals surface area contributed by atoms with E-state index in [0.29, 0.717) is 0 Å². The van der Waals surface area contributed by atoms with Gasteiger partial charge in [-0.3, -0.25) is 0 Å². The molecule has 6 atom stereocenters. The van der Waals surface area contributed by atoms with Gasteiger partial charge < -0.3 is 14.9 Å². The molecule has 4 aliphatic rings. The zero-order chi connectivity index (χ0) is 27.9. The van der Waals surface area contributed by atoms with E-state index >= 15 is 0 Å². The first-order valence-corrected chi connectivity index (χ1v) is 27.1. The number of benzene rings is 2. The van der Waals surface area contributed by atoms with Crippen LogP contribution in [0.2, 0.25) is 37.3 Å². The van der Waals surface area contributed by atoms with Gasteiger partial charge in [0.1, 0.15) is 0 Å². The molecule has 5 heteroatoms. The summed E-state index contributed by atoms with van der Waals surface area (Å²) in [5.41, 5.74) is 1.82. The minimum absolute atomic E-state index is 0. The van der Waals surface area contributed by atoms with Gasteiger partial charge in [-0.15, -0.1) is 0 Å². The van der Waals surface area contributed by atoms with Crippen molar-refractivity contribution in [1.29, 1.82) is 0 Å². The molecule has 2 aromatic rings. The molecule has 2 aromatic carbocycles. The van der Waals surface area contributed by atoms with Crippen LogP contribution in [0.3, 0.4) is 0 Å². The van der Waals surface area contributed by atoms with Crippen molar-refractivity contribution in [3.63, 3.8) is 0 Å². The van der Waals surface area contributed by atoms with Crippen molar-refractivity contribution < 1.29 is 20.8 Å². The summed E-state index contributed by atoms with van der Waals surface area (Å²) in [4.78, 5) is 0.